The fourth-order valence-corrected chi connectivity index (χ4v) is 2.29. The molecule has 0 fully saturated rings. The third-order valence-electron chi connectivity index (χ3n) is 1.99. The molecule has 0 unspecified atom stereocenters. The summed E-state index contributed by atoms with van der Waals surface area (Å²) in [6.07, 6.45) is 0. The Labute approximate surface area is 104 Å². The van der Waals surface area contributed by atoms with Gasteiger partial charge in [0.15, 0.2) is 0 Å². The summed E-state index contributed by atoms with van der Waals surface area (Å²) in [7, 11) is 1.35. The first-order valence-electron chi connectivity index (χ1n) is 4.70. The standard InChI is InChI=1S/C11H13NO2S2/c1-11(2,3)8-5-7(12-6-15)9(16-8)10(13)14-4/h5H,1-4H3. The molecule has 0 saturated heterocycles. The van der Waals surface area contributed by atoms with Crippen molar-refractivity contribution < 1.29 is 9.53 Å². The highest BCUT2D eigenvalue weighted by Crippen LogP contribution is 2.37. The Balaban J connectivity index is 3.31. The number of methoxy groups -OCH3 is 1. The van der Waals surface area contributed by atoms with Crippen molar-refractivity contribution in [3.05, 3.63) is 15.8 Å². The Hall–Kier alpha value is -1.03. The highest BCUT2D eigenvalue weighted by molar-refractivity contribution is 7.78. The Morgan fingerprint density at radius 2 is 2.19 bits per heavy atom. The fourth-order valence-electron chi connectivity index (χ4n) is 1.12. The van der Waals surface area contributed by atoms with Crippen molar-refractivity contribution in [3.63, 3.8) is 0 Å². The minimum Gasteiger partial charge on any atom is -0.465 e. The molecule has 1 aromatic rings. The maximum Gasteiger partial charge on any atom is 0.350 e. The molecule has 16 heavy (non-hydrogen) atoms. The van der Waals surface area contributed by atoms with Crippen LogP contribution in [-0.4, -0.2) is 18.2 Å². The molecule has 0 saturated carbocycles. The Kier molecular flexibility index (Phi) is 3.97. The van der Waals surface area contributed by atoms with E-state index in [9.17, 15) is 4.79 Å². The predicted molar refractivity (Wildman–Crippen MR) is 69.0 cm³/mol. The zero-order chi connectivity index (χ0) is 12.3. The SMILES string of the molecule is COC(=O)c1sc(C(C)(C)C)cc1N=C=S. The number of thiophene rings is 1. The van der Waals surface area contributed by atoms with Gasteiger partial charge in [-0.1, -0.05) is 20.8 Å². The number of hydrogen-bond donors (Lipinski definition) is 0. The van der Waals surface area contributed by atoms with Gasteiger partial charge in [-0.25, -0.2) is 4.79 Å². The first-order chi connectivity index (χ1) is 7.40. The molecule has 0 bridgehead atoms. The Bertz CT molecular complexity index is 451. The molecule has 0 atom stereocenters. The summed E-state index contributed by atoms with van der Waals surface area (Å²) in [5.74, 6) is -0.385. The van der Waals surface area contributed by atoms with Crippen molar-refractivity contribution in [1.29, 1.82) is 0 Å². The second-order valence-corrected chi connectivity index (χ2v) is 5.50. The molecule has 0 N–H and O–H groups in total. The number of aliphatic imine (C=N–C) groups is 1. The highest BCUT2D eigenvalue weighted by Gasteiger charge is 2.23. The first-order valence-corrected chi connectivity index (χ1v) is 5.93. The molecule has 1 heterocycles. The van der Waals surface area contributed by atoms with Gasteiger partial charge in [-0.15, -0.1) is 11.3 Å². The molecule has 0 aliphatic heterocycles. The number of carbonyl (C=O) groups is 1. The molecule has 0 aromatic carbocycles. The van der Waals surface area contributed by atoms with E-state index in [-0.39, 0.29) is 11.4 Å². The summed E-state index contributed by atoms with van der Waals surface area (Å²) in [5, 5.41) is 2.28. The van der Waals surface area contributed by atoms with Crippen molar-refractivity contribution in [3.8, 4) is 0 Å². The molecule has 1 aromatic heterocycles. The van der Waals surface area contributed by atoms with E-state index in [0.29, 0.717) is 10.6 Å². The summed E-state index contributed by atoms with van der Waals surface area (Å²) in [4.78, 5) is 16.9. The van der Waals surface area contributed by atoms with E-state index in [0.717, 1.165) is 4.88 Å². The summed E-state index contributed by atoms with van der Waals surface area (Å²) < 4.78 is 4.70. The van der Waals surface area contributed by atoms with Crippen LogP contribution < -0.4 is 0 Å². The van der Waals surface area contributed by atoms with Crippen LogP contribution >= 0.6 is 23.6 Å². The largest absolute Gasteiger partial charge is 0.465 e. The molecule has 0 spiro atoms. The second kappa shape index (κ2) is 4.87. The third kappa shape index (κ3) is 2.76. The molecule has 86 valence electrons. The fraction of sp³-hybridized carbons (Fsp3) is 0.455. The average molecular weight is 255 g/mol. The normalized spacial score (nSPS) is 10.8. The van der Waals surface area contributed by atoms with Crippen LogP contribution in [0, 0.1) is 0 Å². The van der Waals surface area contributed by atoms with Gasteiger partial charge in [-0.05, 0) is 23.7 Å². The van der Waals surface area contributed by atoms with Crippen molar-refractivity contribution in [2.75, 3.05) is 7.11 Å². The molecule has 0 amide bonds. The maximum absolute atomic E-state index is 11.5. The third-order valence-corrected chi connectivity index (χ3v) is 3.61. The van der Waals surface area contributed by atoms with Gasteiger partial charge >= 0.3 is 5.97 Å². The monoisotopic (exact) mass is 255 g/mol. The van der Waals surface area contributed by atoms with Crippen LogP contribution in [0.1, 0.15) is 35.3 Å². The number of carbonyl (C=O) groups excluding carboxylic acids is 1. The zero-order valence-electron chi connectivity index (χ0n) is 9.66. The van der Waals surface area contributed by atoms with E-state index in [2.05, 4.69) is 43.1 Å². The van der Waals surface area contributed by atoms with Crippen LogP contribution in [0.2, 0.25) is 0 Å². The molecular weight excluding hydrogens is 242 g/mol. The molecule has 0 aliphatic rings. The number of isothiocyanates is 1. The molecule has 0 aliphatic carbocycles. The van der Waals surface area contributed by atoms with Gasteiger partial charge in [0.1, 0.15) is 4.88 Å². The minimum absolute atomic E-state index is 0.0251. The van der Waals surface area contributed by atoms with Crippen molar-refractivity contribution in [1.82, 2.24) is 0 Å². The first kappa shape index (κ1) is 13.0. The van der Waals surface area contributed by atoms with Crippen molar-refractivity contribution >= 4 is 40.4 Å². The number of rotatable bonds is 2. The zero-order valence-corrected chi connectivity index (χ0v) is 11.3. The lowest BCUT2D eigenvalue weighted by atomic mass is 9.95. The summed E-state index contributed by atoms with van der Waals surface area (Å²) in [5.41, 5.74) is 0.514. The van der Waals surface area contributed by atoms with Gasteiger partial charge in [0, 0.05) is 4.88 Å². The van der Waals surface area contributed by atoms with Crippen LogP contribution in [-0.2, 0) is 10.2 Å². The van der Waals surface area contributed by atoms with Crippen LogP contribution in [0.15, 0.2) is 11.1 Å². The average Bonchev–Trinajstić information content (AvgIpc) is 2.61. The summed E-state index contributed by atoms with van der Waals surface area (Å²) >= 11 is 5.94. The van der Waals surface area contributed by atoms with Gasteiger partial charge < -0.3 is 4.74 Å². The number of hydrogen-bond acceptors (Lipinski definition) is 5. The molecule has 3 nitrogen and oxygen atoms in total. The van der Waals surface area contributed by atoms with Gasteiger partial charge in [0.05, 0.1) is 18.0 Å². The van der Waals surface area contributed by atoms with E-state index in [1.807, 2.05) is 6.07 Å². The lowest BCUT2D eigenvalue weighted by molar-refractivity contribution is 0.0607. The van der Waals surface area contributed by atoms with E-state index in [1.165, 1.54) is 18.4 Å². The lowest BCUT2D eigenvalue weighted by Crippen LogP contribution is -2.07. The summed E-state index contributed by atoms with van der Waals surface area (Å²) in [6.45, 7) is 6.22. The number of nitrogens with zero attached hydrogens (tertiary/aromatic N) is 1. The quantitative estimate of drug-likeness (QED) is 0.461. The molecular formula is C11H13NO2S2. The van der Waals surface area contributed by atoms with Crippen molar-refractivity contribution in [2.45, 2.75) is 26.2 Å². The number of ether oxygens (including phenoxy) is 1. The van der Waals surface area contributed by atoms with E-state index in [4.69, 9.17) is 4.74 Å². The smallest absolute Gasteiger partial charge is 0.350 e. The van der Waals surface area contributed by atoms with Gasteiger partial charge in [0.25, 0.3) is 0 Å². The van der Waals surface area contributed by atoms with Crippen LogP contribution in [0.4, 0.5) is 5.69 Å². The van der Waals surface area contributed by atoms with E-state index in [1.54, 1.807) is 0 Å². The number of esters is 1. The molecule has 5 heteroatoms. The summed E-state index contributed by atoms with van der Waals surface area (Å²) in [6, 6.07) is 1.86. The van der Waals surface area contributed by atoms with Gasteiger partial charge in [-0.2, -0.15) is 4.99 Å². The Morgan fingerprint density at radius 1 is 1.56 bits per heavy atom. The van der Waals surface area contributed by atoms with Gasteiger partial charge in [-0.3, -0.25) is 0 Å². The minimum atomic E-state index is -0.385. The van der Waals surface area contributed by atoms with Crippen LogP contribution in [0.5, 0.6) is 0 Å². The van der Waals surface area contributed by atoms with Crippen molar-refractivity contribution in [2.24, 2.45) is 4.99 Å². The topological polar surface area (TPSA) is 38.7 Å². The van der Waals surface area contributed by atoms with Gasteiger partial charge in [0.2, 0.25) is 0 Å². The Morgan fingerprint density at radius 3 is 2.62 bits per heavy atom. The lowest BCUT2D eigenvalue weighted by Gasteiger charge is -2.14. The maximum atomic E-state index is 11.5. The van der Waals surface area contributed by atoms with Crippen LogP contribution in [0.25, 0.3) is 0 Å². The van der Waals surface area contributed by atoms with E-state index < -0.39 is 0 Å². The molecule has 1 rings (SSSR count). The number of thiocarbonyl (C=S) groups is 1. The van der Waals surface area contributed by atoms with E-state index >= 15 is 0 Å². The highest BCUT2D eigenvalue weighted by atomic mass is 32.1. The second-order valence-electron chi connectivity index (χ2n) is 4.27. The van der Waals surface area contributed by atoms with Crippen LogP contribution in [0.3, 0.4) is 0 Å². The molecule has 0 radical (unpaired) electrons. The predicted octanol–water partition coefficient (Wildman–Crippen LogP) is 3.57.